The molecule has 0 aliphatic carbocycles. The maximum atomic E-state index is 13.0. The number of piperazine rings is 1. The lowest BCUT2D eigenvalue weighted by Crippen LogP contribution is -3.13. The van der Waals surface area contributed by atoms with Crippen LogP contribution in [0.1, 0.15) is 41.3 Å². The van der Waals surface area contributed by atoms with E-state index in [1.165, 1.54) is 16.0 Å². The van der Waals surface area contributed by atoms with E-state index in [1.807, 2.05) is 11.0 Å². The van der Waals surface area contributed by atoms with Gasteiger partial charge >= 0.3 is 0 Å². The molecule has 0 unspecified atom stereocenters. The van der Waals surface area contributed by atoms with Crippen LogP contribution in [0.25, 0.3) is 0 Å². The largest absolute Gasteiger partial charge is 0.497 e. The second-order valence-electron chi connectivity index (χ2n) is 7.68. The summed E-state index contributed by atoms with van der Waals surface area (Å²) in [4.78, 5) is 16.4. The lowest BCUT2D eigenvalue weighted by molar-refractivity contribution is -0.917. The molecule has 150 valence electrons. The summed E-state index contributed by atoms with van der Waals surface area (Å²) in [6.07, 6.45) is 0. The van der Waals surface area contributed by atoms with E-state index in [-0.39, 0.29) is 5.91 Å². The fraction of sp³-hybridized carbons (Fsp3) is 0.435. The molecule has 0 spiro atoms. The third kappa shape index (κ3) is 4.65. The van der Waals surface area contributed by atoms with Gasteiger partial charge in [-0.25, -0.2) is 0 Å². The van der Waals surface area contributed by atoms with E-state index in [0.717, 1.165) is 32.7 Å². The Bertz CT molecular complexity index is 794. The summed E-state index contributed by atoms with van der Waals surface area (Å²) in [7, 11) is 3.19. The molecule has 0 radical (unpaired) electrons. The molecule has 1 amide bonds. The molecule has 1 aliphatic rings. The van der Waals surface area contributed by atoms with Crippen molar-refractivity contribution in [3.8, 4) is 11.5 Å². The van der Waals surface area contributed by atoms with Crippen LogP contribution in [0.5, 0.6) is 11.5 Å². The maximum Gasteiger partial charge on any atom is 0.258 e. The first-order valence-electron chi connectivity index (χ1n) is 9.95. The maximum absolute atomic E-state index is 13.0. The van der Waals surface area contributed by atoms with Gasteiger partial charge in [0.1, 0.15) is 18.0 Å². The molecule has 5 heteroatoms. The average Bonchev–Trinajstić information content (AvgIpc) is 2.73. The third-order valence-electron chi connectivity index (χ3n) is 5.50. The third-order valence-corrected chi connectivity index (χ3v) is 5.50. The van der Waals surface area contributed by atoms with Gasteiger partial charge in [0.25, 0.3) is 5.91 Å². The summed E-state index contributed by atoms with van der Waals surface area (Å²) < 4.78 is 10.6. The molecule has 0 saturated carbocycles. The molecular weight excluding hydrogens is 352 g/mol. The van der Waals surface area contributed by atoms with Crippen LogP contribution in [-0.4, -0.2) is 51.2 Å². The van der Waals surface area contributed by atoms with Gasteiger partial charge in [-0.05, 0) is 29.7 Å². The van der Waals surface area contributed by atoms with Crippen LogP contribution in [0, 0.1) is 0 Å². The van der Waals surface area contributed by atoms with Gasteiger partial charge in [-0.2, -0.15) is 0 Å². The van der Waals surface area contributed by atoms with Crippen molar-refractivity contribution in [1.29, 1.82) is 0 Å². The standard InChI is InChI=1S/C23H30N2O3/c1-17(2)19-7-5-18(6-8-19)16-24-11-13-25(14-12-24)23(26)21-15-20(27-3)9-10-22(21)28-4/h5-10,15,17H,11-14,16H2,1-4H3/p+1. The van der Waals surface area contributed by atoms with Crippen molar-refractivity contribution in [3.05, 3.63) is 59.2 Å². The van der Waals surface area contributed by atoms with Crippen molar-refractivity contribution in [3.63, 3.8) is 0 Å². The lowest BCUT2D eigenvalue weighted by Gasteiger charge is -2.32. The Morgan fingerprint density at radius 2 is 1.71 bits per heavy atom. The number of nitrogens with one attached hydrogen (secondary N) is 1. The predicted molar refractivity (Wildman–Crippen MR) is 110 cm³/mol. The zero-order valence-electron chi connectivity index (χ0n) is 17.3. The van der Waals surface area contributed by atoms with Crippen molar-refractivity contribution in [2.75, 3.05) is 40.4 Å². The van der Waals surface area contributed by atoms with Gasteiger partial charge in [0.05, 0.1) is 46.0 Å². The Hall–Kier alpha value is -2.53. The summed E-state index contributed by atoms with van der Waals surface area (Å²) in [5, 5.41) is 0. The van der Waals surface area contributed by atoms with Gasteiger partial charge in [-0.1, -0.05) is 38.1 Å². The molecule has 2 aromatic carbocycles. The number of methoxy groups -OCH3 is 2. The Morgan fingerprint density at radius 1 is 1.04 bits per heavy atom. The average molecular weight is 384 g/mol. The number of quaternary nitrogens is 1. The Balaban J connectivity index is 1.60. The van der Waals surface area contributed by atoms with Crippen molar-refractivity contribution in [2.45, 2.75) is 26.3 Å². The molecule has 5 nitrogen and oxygen atoms in total. The Kier molecular flexibility index (Phi) is 6.57. The molecule has 1 fully saturated rings. The quantitative estimate of drug-likeness (QED) is 0.833. The number of rotatable bonds is 6. The zero-order valence-corrected chi connectivity index (χ0v) is 17.3. The normalized spacial score (nSPS) is 15.0. The van der Waals surface area contributed by atoms with Crippen LogP contribution >= 0.6 is 0 Å². The monoisotopic (exact) mass is 383 g/mol. The van der Waals surface area contributed by atoms with Gasteiger partial charge in [0, 0.05) is 5.56 Å². The topological polar surface area (TPSA) is 43.2 Å². The van der Waals surface area contributed by atoms with Crippen LogP contribution in [0.2, 0.25) is 0 Å². The SMILES string of the molecule is COc1ccc(OC)c(C(=O)N2CC[NH+](Cc3ccc(C(C)C)cc3)CC2)c1. The molecule has 0 bridgehead atoms. The molecule has 1 N–H and O–H groups in total. The van der Waals surface area contributed by atoms with E-state index < -0.39 is 0 Å². The molecule has 28 heavy (non-hydrogen) atoms. The fourth-order valence-electron chi connectivity index (χ4n) is 3.66. The molecule has 3 rings (SSSR count). The highest BCUT2D eigenvalue weighted by atomic mass is 16.5. The van der Waals surface area contributed by atoms with E-state index >= 15 is 0 Å². The molecule has 1 saturated heterocycles. The van der Waals surface area contributed by atoms with E-state index in [4.69, 9.17) is 9.47 Å². The first-order valence-corrected chi connectivity index (χ1v) is 9.95. The minimum atomic E-state index is 0.0103. The van der Waals surface area contributed by atoms with Crippen molar-refractivity contribution >= 4 is 5.91 Å². The summed E-state index contributed by atoms with van der Waals surface area (Å²) in [6, 6.07) is 14.3. The smallest absolute Gasteiger partial charge is 0.258 e. The fourth-order valence-corrected chi connectivity index (χ4v) is 3.66. The van der Waals surface area contributed by atoms with E-state index in [2.05, 4.69) is 38.1 Å². The van der Waals surface area contributed by atoms with Gasteiger partial charge in [0.15, 0.2) is 0 Å². The summed E-state index contributed by atoms with van der Waals surface area (Å²) in [5.41, 5.74) is 3.30. The summed E-state index contributed by atoms with van der Waals surface area (Å²) in [6.45, 7) is 8.83. The van der Waals surface area contributed by atoms with Crippen molar-refractivity contribution in [1.82, 2.24) is 4.90 Å². The highest BCUT2D eigenvalue weighted by molar-refractivity contribution is 5.97. The minimum Gasteiger partial charge on any atom is -0.497 e. The molecule has 1 aliphatic heterocycles. The van der Waals surface area contributed by atoms with Gasteiger partial charge in [-0.3, -0.25) is 4.79 Å². The first-order chi connectivity index (χ1) is 13.5. The second kappa shape index (κ2) is 9.11. The molecule has 2 aromatic rings. The summed E-state index contributed by atoms with van der Waals surface area (Å²) >= 11 is 0. The zero-order chi connectivity index (χ0) is 20.1. The van der Waals surface area contributed by atoms with Crippen LogP contribution < -0.4 is 14.4 Å². The van der Waals surface area contributed by atoms with Crippen molar-refractivity contribution in [2.24, 2.45) is 0 Å². The van der Waals surface area contributed by atoms with Crippen LogP contribution in [0.4, 0.5) is 0 Å². The number of amides is 1. The number of benzene rings is 2. The minimum absolute atomic E-state index is 0.0103. The van der Waals surface area contributed by atoms with E-state index in [1.54, 1.807) is 26.4 Å². The first kappa shape index (κ1) is 20.2. The number of ether oxygens (including phenoxy) is 2. The van der Waals surface area contributed by atoms with E-state index in [0.29, 0.717) is 23.0 Å². The van der Waals surface area contributed by atoms with E-state index in [9.17, 15) is 4.79 Å². The molecule has 0 aromatic heterocycles. The number of hydrogen-bond acceptors (Lipinski definition) is 3. The van der Waals surface area contributed by atoms with Gasteiger partial charge in [0.2, 0.25) is 0 Å². The molecule has 1 heterocycles. The number of carbonyl (C=O) groups excluding carboxylic acids is 1. The Labute approximate surface area is 167 Å². The van der Waals surface area contributed by atoms with Crippen molar-refractivity contribution < 1.29 is 19.2 Å². The predicted octanol–water partition coefficient (Wildman–Crippen LogP) is 2.37. The highest BCUT2D eigenvalue weighted by Crippen LogP contribution is 2.25. The molecular formula is C23H31N2O3+. The second-order valence-corrected chi connectivity index (χ2v) is 7.68. The summed E-state index contributed by atoms with van der Waals surface area (Å²) in [5.74, 6) is 1.82. The Morgan fingerprint density at radius 3 is 2.29 bits per heavy atom. The van der Waals surface area contributed by atoms with Crippen LogP contribution in [0.3, 0.4) is 0 Å². The van der Waals surface area contributed by atoms with Crippen LogP contribution in [0.15, 0.2) is 42.5 Å². The molecule has 0 atom stereocenters. The number of nitrogens with zero attached hydrogens (tertiary/aromatic N) is 1. The van der Waals surface area contributed by atoms with Crippen LogP contribution in [-0.2, 0) is 6.54 Å². The number of carbonyl (C=O) groups is 1. The highest BCUT2D eigenvalue weighted by Gasteiger charge is 2.26. The number of hydrogen-bond donors (Lipinski definition) is 1. The van der Waals surface area contributed by atoms with Gasteiger partial charge < -0.3 is 19.3 Å². The van der Waals surface area contributed by atoms with Gasteiger partial charge in [-0.15, -0.1) is 0 Å². The lowest BCUT2D eigenvalue weighted by atomic mass is 10.0.